The third-order valence-electron chi connectivity index (χ3n) is 7.01. The number of fused-ring (bicyclic) bond motifs is 1. The van der Waals surface area contributed by atoms with Gasteiger partial charge in [0.15, 0.2) is 0 Å². The fourth-order valence-corrected chi connectivity index (χ4v) is 5.34. The van der Waals surface area contributed by atoms with Crippen molar-refractivity contribution in [1.29, 1.82) is 0 Å². The summed E-state index contributed by atoms with van der Waals surface area (Å²) in [5.41, 5.74) is 3.19. The summed E-state index contributed by atoms with van der Waals surface area (Å²) >= 11 is 0. The van der Waals surface area contributed by atoms with E-state index in [1.807, 2.05) is 0 Å². The Morgan fingerprint density at radius 1 is 1.19 bits per heavy atom. The van der Waals surface area contributed by atoms with Crippen LogP contribution in [-0.2, 0) is 27.1 Å². The number of likely N-dealkylation sites (tertiary alicyclic amines) is 1. The third-order valence-corrected chi connectivity index (χ3v) is 7.01. The molecule has 1 spiro atoms. The summed E-state index contributed by atoms with van der Waals surface area (Å²) < 4.78 is 11.1. The quantitative estimate of drug-likeness (QED) is 0.831. The summed E-state index contributed by atoms with van der Waals surface area (Å²) in [4.78, 5) is 15.0. The molecule has 1 aromatic rings. The van der Waals surface area contributed by atoms with E-state index in [1.54, 1.807) is 7.11 Å². The van der Waals surface area contributed by atoms with Gasteiger partial charge in [0, 0.05) is 39.1 Å². The van der Waals surface area contributed by atoms with Gasteiger partial charge in [-0.05, 0) is 54.6 Å². The van der Waals surface area contributed by atoms with E-state index in [0.29, 0.717) is 29.6 Å². The molecule has 1 aromatic carbocycles. The van der Waals surface area contributed by atoms with Gasteiger partial charge in [-0.3, -0.25) is 4.79 Å². The van der Waals surface area contributed by atoms with Crippen LogP contribution in [0.2, 0.25) is 0 Å². The summed E-state index contributed by atoms with van der Waals surface area (Å²) in [5.74, 6) is 1.32. The minimum atomic E-state index is 0.314. The van der Waals surface area contributed by atoms with Crippen LogP contribution >= 0.6 is 0 Å². The molecule has 1 aliphatic carbocycles. The lowest BCUT2D eigenvalue weighted by molar-refractivity contribution is -0.139. The first kappa shape index (κ1) is 18.0. The van der Waals surface area contributed by atoms with Gasteiger partial charge in [-0.15, -0.1) is 0 Å². The lowest BCUT2D eigenvalue weighted by atomic mass is 9.66. The molecule has 3 aliphatic rings. The van der Waals surface area contributed by atoms with Gasteiger partial charge < -0.3 is 14.4 Å². The van der Waals surface area contributed by atoms with Crippen LogP contribution in [0, 0.1) is 17.3 Å². The molecule has 2 aliphatic heterocycles. The molecule has 0 N–H and O–H groups in total. The van der Waals surface area contributed by atoms with Gasteiger partial charge in [-0.1, -0.05) is 24.3 Å². The lowest BCUT2D eigenvalue weighted by Crippen LogP contribution is -2.50. The van der Waals surface area contributed by atoms with Crippen LogP contribution in [0.5, 0.6) is 0 Å². The Kier molecular flexibility index (Phi) is 5.32. The van der Waals surface area contributed by atoms with Crippen LogP contribution in [0.4, 0.5) is 0 Å². The fraction of sp³-hybridized carbons (Fsp3) is 0.682. The maximum atomic E-state index is 12.9. The van der Waals surface area contributed by atoms with Gasteiger partial charge in [0.2, 0.25) is 5.91 Å². The van der Waals surface area contributed by atoms with E-state index in [0.717, 1.165) is 65.0 Å². The molecule has 0 bridgehead atoms. The second-order valence-corrected chi connectivity index (χ2v) is 8.47. The van der Waals surface area contributed by atoms with E-state index in [9.17, 15) is 4.79 Å². The smallest absolute Gasteiger partial charge is 0.222 e. The summed E-state index contributed by atoms with van der Waals surface area (Å²) in [7, 11) is 1.78. The van der Waals surface area contributed by atoms with Gasteiger partial charge in [0.05, 0.1) is 13.2 Å². The summed E-state index contributed by atoms with van der Waals surface area (Å²) in [6, 6.07) is 8.64. The predicted octanol–water partition coefficient (Wildman–Crippen LogP) is 3.08. The second kappa shape index (κ2) is 7.69. The Bertz CT molecular complexity index is 609. The molecule has 0 unspecified atom stereocenters. The summed E-state index contributed by atoms with van der Waals surface area (Å²) in [5, 5.41) is 0. The van der Waals surface area contributed by atoms with Crippen LogP contribution in [0.15, 0.2) is 24.3 Å². The van der Waals surface area contributed by atoms with Crippen LogP contribution in [0.3, 0.4) is 0 Å². The minimum absolute atomic E-state index is 0.314. The number of hydrogen-bond acceptors (Lipinski definition) is 3. The number of benzene rings is 1. The molecule has 142 valence electrons. The molecule has 0 aromatic heterocycles. The van der Waals surface area contributed by atoms with Crippen molar-refractivity contribution in [3.63, 3.8) is 0 Å². The maximum Gasteiger partial charge on any atom is 0.222 e. The van der Waals surface area contributed by atoms with Crippen LogP contribution in [0.25, 0.3) is 0 Å². The Morgan fingerprint density at radius 2 is 1.88 bits per heavy atom. The molecule has 0 radical (unpaired) electrons. The molecule has 26 heavy (non-hydrogen) atoms. The average molecular weight is 357 g/mol. The Morgan fingerprint density at radius 3 is 2.54 bits per heavy atom. The van der Waals surface area contributed by atoms with E-state index in [2.05, 4.69) is 29.2 Å². The monoisotopic (exact) mass is 357 g/mol. The fourth-order valence-electron chi connectivity index (χ4n) is 5.34. The molecule has 4 heteroatoms. The van der Waals surface area contributed by atoms with Crippen molar-refractivity contribution in [3.05, 3.63) is 35.4 Å². The van der Waals surface area contributed by atoms with E-state index >= 15 is 0 Å². The first-order valence-electron chi connectivity index (χ1n) is 10.1. The number of piperidine rings is 1. The normalized spacial score (nSPS) is 25.4. The first-order valence-corrected chi connectivity index (χ1v) is 10.1. The van der Waals surface area contributed by atoms with Gasteiger partial charge in [-0.25, -0.2) is 0 Å². The molecule has 1 amide bonds. The number of ether oxygens (including phenoxy) is 2. The van der Waals surface area contributed by atoms with Gasteiger partial charge >= 0.3 is 0 Å². The van der Waals surface area contributed by atoms with Crippen molar-refractivity contribution in [1.82, 2.24) is 4.90 Å². The first-order chi connectivity index (χ1) is 12.7. The number of carbonyl (C=O) groups excluding carboxylic acids is 1. The highest BCUT2D eigenvalue weighted by Gasteiger charge is 2.44. The Hall–Kier alpha value is -1.39. The van der Waals surface area contributed by atoms with Gasteiger partial charge in [0.1, 0.15) is 0 Å². The van der Waals surface area contributed by atoms with E-state index in [-0.39, 0.29) is 0 Å². The molecular formula is C22H31NO3. The third kappa shape index (κ3) is 3.54. The van der Waals surface area contributed by atoms with Crippen molar-refractivity contribution in [3.8, 4) is 0 Å². The average Bonchev–Trinajstić information content (AvgIpc) is 3.07. The van der Waals surface area contributed by atoms with Crippen molar-refractivity contribution in [2.24, 2.45) is 17.3 Å². The molecule has 4 rings (SSSR count). The van der Waals surface area contributed by atoms with Crippen molar-refractivity contribution < 1.29 is 14.3 Å². The van der Waals surface area contributed by atoms with Crippen LogP contribution in [-0.4, -0.2) is 50.8 Å². The number of methoxy groups -OCH3 is 1. The Labute approximate surface area is 156 Å². The highest BCUT2D eigenvalue weighted by Crippen LogP contribution is 2.45. The molecule has 2 fully saturated rings. The maximum absolute atomic E-state index is 12.9. The topological polar surface area (TPSA) is 38.8 Å². The molecule has 1 atom stereocenters. The number of carbonyl (C=O) groups is 1. The van der Waals surface area contributed by atoms with Gasteiger partial charge in [-0.2, -0.15) is 0 Å². The lowest BCUT2D eigenvalue weighted by Gasteiger charge is -2.49. The largest absolute Gasteiger partial charge is 0.384 e. The van der Waals surface area contributed by atoms with Crippen LogP contribution in [0.1, 0.15) is 36.8 Å². The summed E-state index contributed by atoms with van der Waals surface area (Å²) in [6.45, 7) is 4.24. The highest BCUT2D eigenvalue weighted by atomic mass is 16.5. The van der Waals surface area contributed by atoms with E-state index in [4.69, 9.17) is 9.47 Å². The number of hydrogen-bond donors (Lipinski definition) is 0. The zero-order chi connectivity index (χ0) is 18.0. The SMILES string of the molecule is COC[C@H]1COCCC12CCN(C(=O)CC1Cc3ccccc3C1)CC2. The van der Waals surface area contributed by atoms with Gasteiger partial charge in [0.25, 0.3) is 0 Å². The standard InChI is InChI=1S/C22H31NO3/c1-25-15-20-16-26-11-8-22(20)6-9-23(10-7-22)21(24)14-17-12-18-4-2-3-5-19(18)13-17/h2-5,17,20H,6-16H2,1H3/t20-/m0/s1. The predicted molar refractivity (Wildman–Crippen MR) is 101 cm³/mol. The van der Waals surface area contributed by atoms with E-state index < -0.39 is 0 Å². The van der Waals surface area contributed by atoms with Crippen LogP contribution < -0.4 is 0 Å². The highest BCUT2D eigenvalue weighted by molar-refractivity contribution is 5.76. The Balaban J connectivity index is 1.31. The molecule has 4 nitrogen and oxygen atoms in total. The number of nitrogens with zero attached hydrogens (tertiary/aromatic N) is 1. The molecule has 0 saturated carbocycles. The zero-order valence-corrected chi connectivity index (χ0v) is 15.9. The number of rotatable bonds is 4. The van der Waals surface area contributed by atoms with E-state index in [1.165, 1.54) is 11.1 Å². The number of amides is 1. The molecule has 2 saturated heterocycles. The van der Waals surface area contributed by atoms with Crippen molar-refractivity contribution in [2.75, 3.05) is 40.0 Å². The van der Waals surface area contributed by atoms with Crippen molar-refractivity contribution >= 4 is 5.91 Å². The minimum Gasteiger partial charge on any atom is -0.384 e. The second-order valence-electron chi connectivity index (χ2n) is 8.47. The zero-order valence-electron chi connectivity index (χ0n) is 15.9. The summed E-state index contributed by atoms with van der Waals surface area (Å²) in [6.07, 6.45) is 6.13. The molecule has 2 heterocycles. The molecular weight excluding hydrogens is 326 g/mol. The van der Waals surface area contributed by atoms with Crippen molar-refractivity contribution in [2.45, 2.75) is 38.5 Å².